The standard InChI is InChI=1S/C22H33N3O3/c1-6-13-18(16(5)26)17(7-2)22(28)24-15-12-10-11-14-21(27)25-20(9-4)19(23)8-3/h6-7,9,13,23H,1,8,10-12,14-15H2,2-5H3,(H,24,28)(H,25,27)/b17-7?,18-13?,20-9+,23-19?. The molecule has 0 saturated carbocycles. The van der Waals surface area contributed by atoms with Crippen molar-refractivity contribution in [2.24, 2.45) is 0 Å². The van der Waals surface area contributed by atoms with Crippen molar-refractivity contribution >= 4 is 23.3 Å². The second kappa shape index (κ2) is 14.3. The minimum Gasteiger partial charge on any atom is -0.352 e. The number of hydrogen-bond acceptors (Lipinski definition) is 4. The molecule has 6 heteroatoms. The van der Waals surface area contributed by atoms with Crippen molar-refractivity contribution in [3.8, 4) is 0 Å². The fourth-order valence-corrected chi connectivity index (χ4v) is 2.53. The van der Waals surface area contributed by atoms with Gasteiger partial charge < -0.3 is 16.0 Å². The number of rotatable bonds is 13. The van der Waals surface area contributed by atoms with Gasteiger partial charge in [-0.1, -0.05) is 44.2 Å². The van der Waals surface area contributed by atoms with E-state index in [4.69, 9.17) is 5.41 Å². The average Bonchev–Trinajstić information content (AvgIpc) is 2.67. The lowest BCUT2D eigenvalue weighted by Gasteiger charge is -2.11. The maximum Gasteiger partial charge on any atom is 0.251 e. The van der Waals surface area contributed by atoms with Crippen molar-refractivity contribution in [2.45, 2.75) is 59.8 Å². The lowest BCUT2D eigenvalue weighted by Crippen LogP contribution is -2.28. The summed E-state index contributed by atoms with van der Waals surface area (Å²) in [5.41, 5.74) is 1.65. The summed E-state index contributed by atoms with van der Waals surface area (Å²) < 4.78 is 0. The van der Waals surface area contributed by atoms with E-state index in [2.05, 4.69) is 17.2 Å². The molecule has 0 aliphatic carbocycles. The Bertz CT molecular complexity index is 685. The normalized spacial score (nSPS) is 12.4. The minimum absolute atomic E-state index is 0.104. The van der Waals surface area contributed by atoms with Gasteiger partial charge in [-0.2, -0.15) is 0 Å². The van der Waals surface area contributed by atoms with Crippen molar-refractivity contribution in [3.63, 3.8) is 0 Å². The fourth-order valence-electron chi connectivity index (χ4n) is 2.53. The van der Waals surface area contributed by atoms with Crippen LogP contribution in [-0.2, 0) is 14.4 Å². The number of ketones is 1. The highest BCUT2D eigenvalue weighted by Gasteiger charge is 2.16. The van der Waals surface area contributed by atoms with E-state index < -0.39 is 0 Å². The van der Waals surface area contributed by atoms with Crippen LogP contribution >= 0.6 is 0 Å². The van der Waals surface area contributed by atoms with Crippen molar-refractivity contribution in [2.75, 3.05) is 6.54 Å². The number of nitrogens with one attached hydrogen (secondary N) is 3. The monoisotopic (exact) mass is 387 g/mol. The van der Waals surface area contributed by atoms with Crippen molar-refractivity contribution in [3.05, 3.63) is 47.7 Å². The van der Waals surface area contributed by atoms with Gasteiger partial charge in [0.2, 0.25) is 5.91 Å². The summed E-state index contributed by atoms with van der Waals surface area (Å²) in [4.78, 5) is 35.9. The summed E-state index contributed by atoms with van der Waals surface area (Å²) in [6.07, 6.45) is 9.53. The van der Waals surface area contributed by atoms with Gasteiger partial charge in [0.1, 0.15) is 0 Å². The molecule has 2 amide bonds. The Hall–Kier alpha value is -2.76. The molecule has 0 aliphatic heterocycles. The third kappa shape index (κ3) is 9.26. The first-order valence-electron chi connectivity index (χ1n) is 9.64. The molecule has 0 aromatic heterocycles. The van der Waals surface area contributed by atoms with Crippen LogP contribution in [0.2, 0.25) is 0 Å². The molecule has 0 rings (SSSR count). The first-order chi connectivity index (χ1) is 13.3. The molecule has 28 heavy (non-hydrogen) atoms. The quantitative estimate of drug-likeness (QED) is 0.194. The smallest absolute Gasteiger partial charge is 0.251 e. The van der Waals surface area contributed by atoms with Gasteiger partial charge in [-0.25, -0.2) is 0 Å². The second-order valence-electron chi connectivity index (χ2n) is 6.22. The molecular weight excluding hydrogens is 354 g/mol. The molecule has 0 aromatic carbocycles. The summed E-state index contributed by atoms with van der Waals surface area (Å²) in [6, 6.07) is 0. The maximum absolute atomic E-state index is 12.3. The number of hydrogen-bond donors (Lipinski definition) is 3. The molecule has 6 nitrogen and oxygen atoms in total. The van der Waals surface area contributed by atoms with E-state index in [0.29, 0.717) is 48.4 Å². The number of unbranched alkanes of at least 4 members (excludes halogenated alkanes) is 2. The van der Waals surface area contributed by atoms with E-state index in [9.17, 15) is 14.4 Å². The Morgan fingerprint density at radius 2 is 1.71 bits per heavy atom. The molecule has 3 N–H and O–H groups in total. The zero-order valence-corrected chi connectivity index (χ0v) is 17.5. The van der Waals surface area contributed by atoms with Crippen LogP contribution in [0.1, 0.15) is 59.8 Å². The lowest BCUT2D eigenvalue weighted by molar-refractivity contribution is -0.120. The molecule has 0 aliphatic rings. The zero-order chi connectivity index (χ0) is 21.5. The van der Waals surface area contributed by atoms with Crippen LogP contribution in [0.5, 0.6) is 0 Å². The Kier molecular flexibility index (Phi) is 12.9. The van der Waals surface area contributed by atoms with Crippen molar-refractivity contribution in [1.29, 1.82) is 5.41 Å². The first kappa shape index (κ1) is 25.2. The minimum atomic E-state index is -0.292. The molecule has 0 aromatic rings. The Morgan fingerprint density at radius 3 is 2.21 bits per heavy atom. The summed E-state index contributed by atoms with van der Waals surface area (Å²) in [6.45, 7) is 10.8. The summed E-state index contributed by atoms with van der Waals surface area (Å²) in [5, 5.41) is 13.3. The van der Waals surface area contributed by atoms with Gasteiger partial charge in [0.15, 0.2) is 5.78 Å². The van der Waals surface area contributed by atoms with Gasteiger partial charge in [0.05, 0.1) is 11.4 Å². The summed E-state index contributed by atoms with van der Waals surface area (Å²) in [5.74, 6) is -0.586. The molecule has 0 saturated heterocycles. The average molecular weight is 388 g/mol. The van der Waals surface area contributed by atoms with Crippen LogP contribution in [0.25, 0.3) is 0 Å². The molecule has 0 bridgehead atoms. The number of allylic oxidation sites excluding steroid dienone is 5. The third-order valence-electron chi connectivity index (χ3n) is 4.09. The van der Waals surface area contributed by atoms with E-state index in [1.165, 1.54) is 19.1 Å². The van der Waals surface area contributed by atoms with Crippen molar-refractivity contribution < 1.29 is 14.4 Å². The Labute approximate surface area is 168 Å². The lowest BCUT2D eigenvalue weighted by atomic mass is 10.0. The van der Waals surface area contributed by atoms with Crippen molar-refractivity contribution in [1.82, 2.24) is 10.6 Å². The fraction of sp³-hybridized carbons (Fsp3) is 0.455. The maximum atomic E-state index is 12.3. The number of carbonyl (C=O) groups is 3. The van der Waals surface area contributed by atoms with E-state index in [0.717, 1.165) is 12.8 Å². The number of amides is 2. The summed E-state index contributed by atoms with van der Waals surface area (Å²) in [7, 11) is 0. The van der Waals surface area contributed by atoms with Gasteiger partial charge >= 0.3 is 0 Å². The Balaban J connectivity index is 4.30. The molecule has 0 heterocycles. The van der Waals surface area contributed by atoms with Crippen LogP contribution < -0.4 is 10.6 Å². The van der Waals surface area contributed by atoms with Gasteiger partial charge in [-0.3, -0.25) is 14.4 Å². The largest absolute Gasteiger partial charge is 0.352 e. The Morgan fingerprint density at radius 1 is 1.04 bits per heavy atom. The number of Topliss-reactive ketones (excluding diaryl/α,β-unsaturated/α-hetero) is 1. The molecule has 154 valence electrons. The van der Waals surface area contributed by atoms with Crippen LogP contribution in [0.4, 0.5) is 0 Å². The molecular formula is C22H33N3O3. The third-order valence-corrected chi connectivity index (χ3v) is 4.09. The summed E-state index contributed by atoms with van der Waals surface area (Å²) >= 11 is 0. The number of carbonyl (C=O) groups excluding carboxylic acids is 3. The van der Waals surface area contributed by atoms with Crippen LogP contribution in [0.3, 0.4) is 0 Å². The SMILES string of the molecule is C=CC=C(C(C)=O)C(=CC)C(=O)NCCCCCC(=O)N/C(=C/C)C(=N)CC. The van der Waals surface area contributed by atoms with Crippen LogP contribution in [-0.4, -0.2) is 29.9 Å². The van der Waals surface area contributed by atoms with E-state index >= 15 is 0 Å². The van der Waals surface area contributed by atoms with E-state index in [1.54, 1.807) is 26.0 Å². The van der Waals surface area contributed by atoms with E-state index in [-0.39, 0.29) is 17.6 Å². The second-order valence-corrected chi connectivity index (χ2v) is 6.22. The van der Waals surface area contributed by atoms with E-state index in [1.807, 2.05) is 6.92 Å². The molecule has 0 unspecified atom stereocenters. The molecule has 0 spiro atoms. The highest BCUT2D eigenvalue weighted by Crippen LogP contribution is 2.12. The van der Waals surface area contributed by atoms with Gasteiger partial charge in [-0.05, 0) is 40.0 Å². The van der Waals surface area contributed by atoms with Crippen LogP contribution in [0, 0.1) is 5.41 Å². The zero-order valence-electron chi connectivity index (χ0n) is 17.5. The molecule has 0 atom stereocenters. The first-order valence-corrected chi connectivity index (χ1v) is 9.64. The highest BCUT2D eigenvalue weighted by molar-refractivity contribution is 6.11. The van der Waals surface area contributed by atoms with Gasteiger partial charge in [-0.15, -0.1) is 0 Å². The predicted molar refractivity (Wildman–Crippen MR) is 114 cm³/mol. The predicted octanol–water partition coefficient (Wildman–Crippen LogP) is 3.76. The van der Waals surface area contributed by atoms with Gasteiger partial charge in [0.25, 0.3) is 5.91 Å². The molecule has 0 radical (unpaired) electrons. The molecule has 0 fully saturated rings. The van der Waals surface area contributed by atoms with Crippen LogP contribution in [0.15, 0.2) is 47.7 Å². The van der Waals surface area contributed by atoms with Gasteiger partial charge in [0, 0.05) is 24.1 Å². The topological polar surface area (TPSA) is 99.1 Å². The highest BCUT2D eigenvalue weighted by atomic mass is 16.2.